The first kappa shape index (κ1) is 16.9. The van der Waals surface area contributed by atoms with Crippen LogP contribution in [0.5, 0.6) is 0 Å². The number of aromatic amines is 1. The molecule has 0 atom stereocenters. The monoisotopic (exact) mass is 365 g/mol. The summed E-state index contributed by atoms with van der Waals surface area (Å²) in [4.78, 5) is 30.0. The molecule has 4 rings (SSSR count). The highest BCUT2D eigenvalue weighted by molar-refractivity contribution is 6.01. The number of aromatic nitrogens is 1. The lowest BCUT2D eigenvalue weighted by Gasteiger charge is -2.36. The van der Waals surface area contributed by atoms with Gasteiger partial charge in [0.1, 0.15) is 0 Å². The van der Waals surface area contributed by atoms with Crippen LogP contribution in [0.25, 0.3) is 10.9 Å². The van der Waals surface area contributed by atoms with Crippen molar-refractivity contribution in [3.05, 3.63) is 64.8 Å². The van der Waals surface area contributed by atoms with Gasteiger partial charge in [0.2, 0.25) is 0 Å². The summed E-state index contributed by atoms with van der Waals surface area (Å²) >= 11 is 0. The van der Waals surface area contributed by atoms with E-state index in [2.05, 4.69) is 15.2 Å². The van der Waals surface area contributed by atoms with E-state index in [0.717, 1.165) is 22.3 Å². The SMILES string of the molecule is O=C(Nc1c[nH]c2ccccc12)N1CCN(c2ccc([N+](=O)[O-])cc2)CC1. The van der Waals surface area contributed by atoms with Crippen LogP contribution in [0.4, 0.5) is 21.9 Å². The van der Waals surface area contributed by atoms with Crippen molar-refractivity contribution in [3.63, 3.8) is 0 Å². The standard InChI is InChI=1S/C19H19N5O3/c25-19(21-18-13-20-17-4-2-1-3-16(17)18)23-11-9-22(10-12-23)14-5-7-15(8-6-14)24(26)27/h1-8,13,20H,9-12H2,(H,21,25). The molecule has 0 saturated carbocycles. The van der Waals surface area contributed by atoms with Crippen molar-refractivity contribution < 1.29 is 9.72 Å². The van der Waals surface area contributed by atoms with E-state index in [1.165, 1.54) is 12.1 Å². The summed E-state index contributed by atoms with van der Waals surface area (Å²) in [6.45, 7) is 2.54. The fourth-order valence-corrected chi connectivity index (χ4v) is 3.32. The number of nitrogens with zero attached hydrogens (tertiary/aromatic N) is 3. The van der Waals surface area contributed by atoms with Crippen LogP contribution in [-0.2, 0) is 0 Å². The predicted octanol–water partition coefficient (Wildman–Crippen LogP) is 3.43. The maximum Gasteiger partial charge on any atom is 0.322 e. The number of piperazine rings is 1. The van der Waals surface area contributed by atoms with Gasteiger partial charge < -0.3 is 20.1 Å². The third kappa shape index (κ3) is 3.41. The molecule has 0 spiro atoms. The number of hydrogen-bond acceptors (Lipinski definition) is 4. The van der Waals surface area contributed by atoms with E-state index in [1.54, 1.807) is 23.2 Å². The Morgan fingerprint density at radius 2 is 1.74 bits per heavy atom. The van der Waals surface area contributed by atoms with E-state index in [1.807, 2.05) is 24.3 Å². The van der Waals surface area contributed by atoms with Gasteiger partial charge >= 0.3 is 6.03 Å². The average molecular weight is 365 g/mol. The Balaban J connectivity index is 1.37. The van der Waals surface area contributed by atoms with Gasteiger partial charge in [-0.2, -0.15) is 0 Å². The number of urea groups is 1. The second kappa shape index (κ2) is 6.99. The minimum Gasteiger partial charge on any atom is -0.368 e. The van der Waals surface area contributed by atoms with E-state index < -0.39 is 4.92 Å². The van der Waals surface area contributed by atoms with E-state index >= 15 is 0 Å². The Morgan fingerprint density at radius 3 is 2.44 bits per heavy atom. The number of carbonyl (C=O) groups is 1. The van der Waals surface area contributed by atoms with Crippen LogP contribution in [0.2, 0.25) is 0 Å². The largest absolute Gasteiger partial charge is 0.368 e. The molecule has 1 saturated heterocycles. The van der Waals surface area contributed by atoms with Gasteiger partial charge in [-0.1, -0.05) is 18.2 Å². The molecule has 2 heterocycles. The number of para-hydroxylation sites is 1. The maximum atomic E-state index is 12.6. The lowest BCUT2D eigenvalue weighted by atomic mass is 10.2. The Labute approximate surface area is 155 Å². The molecular weight excluding hydrogens is 346 g/mol. The van der Waals surface area contributed by atoms with Gasteiger partial charge in [0.25, 0.3) is 5.69 Å². The molecule has 1 aliphatic heterocycles. The van der Waals surface area contributed by atoms with Gasteiger partial charge in [0.05, 0.1) is 10.6 Å². The van der Waals surface area contributed by atoms with Gasteiger partial charge in [-0.3, -0.25) is 10.1 Å². The molecule has 1 fully saturated rings. The first-order valence-corrected chi connectivity index (χ1v) is 8.73. The fourth-order valence-electron chi connectivity index (χ4n) is 3.32. The van der Waals surface area contributed by atoms with Crippen LogP contribution in [-0.4, -0.2) is 47.0 Å². The van der Waals surface area contributed by atoms with Crippen molar-refractivity contribution in [3.8, 4) is 0 Å². The minimum atomic E-state index is -0.406. The molecule has 0 radical (unpaired) electrons. The summed E-state index contributed by atoms with van der Waals surface area (Å²) in [6, 6.07) is 14.2. The molecule has 138 valence electrons. The van der Waals surface area contributed by atoms with Crippen LogP contribution < -0.4 is 10.2 Å². The highest BCUT2D eigenvalue weighted by Crippen LogP contribution is 2.24. The average Bonchev–Trinajstić information content (AvgIpc) is 3.11. The Kier molecular flexibility index (Phi) is 4.37. The van der Waals surface area contributed by atoms with E-state index in [9.17, 15) is 14.9 Å². The molecule has 2 aromatic carbocycles. The molecule has 2 N–H and O–H groups in total. The zero-order valence-electron chi connectivity index (χ0n) is 14.6. The number of nitro benzene ring substituents is 1. The number of nitrogens with one attached hydrogen (secondary N) is 2. The molecule has 8 heteroatoms. The lowest BCUT2D eigenvalue weighted by Crippen LogP contribution is -2.50. The fraction of sp³-hybridized carbons (Fsp3) is 0.211. The molecule has 2 amide bonds. The van der Waals surface area contributed by atoms with Gasteiger partial charge in [0.15, 0.2) is 0 Å². The normalized spacial score (nSPS) is 14.4. The second-order valence-corrected chi connectivity index (χ2v) is 6.43. The van der Waals surface area contributed by atoms with E-state index in [4.69, 9.17) is 0 Å². The summed E-state index contributed by atoms with van der Waals surface area (Å²) < 4.78 is 0. The number of non-ortho nitro benzene ring substituents is 1. The number of amides is 2. The van der Waals surface area contributed by atoms with Crippen LogP contribution in [0, 0.1) is 10.1 Å². The minimum absolute atomic E-state index is 0.0792. The van der Waals surface area contributed by atoms with Crippen molar-refractivity contribution in [2.75, 3.05) is 36.4 Å². The molecule has 1 aliphatic rings. The van der Waals surface area contributed by atoms with Gasteiger partial charge in [0, 0.05) is 61.1 Å². The number of rotatable bonds is 3. The number of hydrogen-bond donors (Lipinski definition) is 2. The number of anilines is 2. The zero-order chi connectivity index (χ0) is 18.8. The highest BCUT2D eigenvalue weighted by atomic mass is 16.6. The van der Waals surface area contributed by atoms with Crippen LogP contribution >= 0.6 is 0 Å². The Morgan fingerprint density at radius 1 is 1.04 bits per heavy atom. The molecule has 0 unspecified atom stereocenters. The number of H-pyrrole nitrogens is 1. The number of benzene rings is 2. The molecule has 8 nitrogen and oxygen atoms in total. The van der Waals surface area contributed by atoms with Crippen LogP contribution in [0.1, 0.15) is 0 Å². The number of fused-ring (bicyclic) bond motifs is 1. The molecular formula is C19H19N5O3. The van der Waals surface area contributed by atoms with Crippen molar-refractivity contribution >= 4 is 34.0 Å². The van der Waals surface area contributed by atoms with Crippen molar-refractivity contribution in [1.29, 1.82) is 0 Å². The third-order valence-electron chi connectivity index (χ3n) is 4.82. The predicted molar refractivity (Wildman–Crippen MR) is 104 cm³/mol. The summed E-state index contributed by atoms with van der Waals surface area (Å²) in [6.07, 6.45) is 1.80. The molecule has 1 aromatic heterocycles. The molecule has 0 aliphatic carbocycles. The first-order valence-electron chi connectivity index (χ1n) is 8.73. The third-order valence-corrected chi connectivity index (χ3v) is 4.82. The van der Waals surface area contributed by atoms with Gasteiger partial charge in [-0.25, -0.2) is 4.79 Å². The van der Waals surface area contributed by atoms with Crippen molar-refractivity contribution in [2.45, 2.75) is 0 Å². The molecule has 0 bridgehead atoms. The Bertz CT molecular complexity index is 974. The quantitative estimate of drug-likeness (QED) is 0.549. The van der Waals surface area contributed by atoms with Crippen LogP contribution in [0.3, 0.4) is 0 Å². The number of nitro groups is 1. The smallest absolute Gasteiger partial charge is 0.322 e. The van der Waals surface area contributed by atoms with Crippen LogP contribution in [0.15, 0.2) is 54.7 Å². The summed E-state index contributed by atoms with van der Waals surface area (Å²) in [5.41, 5.74) is 2.76. The van der Waals surface area contributed by atoms with Crippen molar-refractivity contribution in [2.24, 2.45) is 0 Å². The summed E-state index contributed by atoms with van der Waals surface area (Å²) in [7, 11) is 0. The zero-order valence-corrected chi connectivity index (χ0v) is 14.6. The van der Waals surface area contributed by atoms with E-state index in [0.29, 0.717) is 26.2 Å². The lowest BCUT2D eigenvalue weighted by molar-refractivity contribution is -0.384. The Hall–Kier alpha value is -3.55. The van der Waals surface area contributed by atoms with Crippen molar-refractivity contribution in [1.82, 2.24) is 9.88 Å². The van der Waals surface area contributed by atoms with E-state index in [-0.39, 0.29) is 11.7 Å². The summed E-state index contributed by atoms with van der Waals surface area (Å²) in [5.74, 6) is 0. The molecule has 27 heavy (non-hydrogen) atoms. The summed E-state index contributed by atoms with van der Waals surface area (Å²) in [5, 5.41) is 14.7. The highest BCUT2D eigenvalue weighted by Gasteiger charge is 2.22. The maximum absolute atomic E-state index is 12.6. The van der Waals surface area contributed by atoms with Gasteiger partial charge in [-0.15, -0.1) is 0 Å². The number of carbonyl (C=O) groups excluding carboxylic acids is 1. The first-order chi connectivity index (χ1) is 13.1. The molecule has 3 aromatic rings. The second-order valence-electron chi connectivity index (χ2n) is 6.43. The topological polar surface area (TPSA) is 94.5 Å². The van der Waals surface area contributed by atoms with Gasteiger partial charge in [-0.05, 0) is 18.2 Å².